The van der Waals surface area contributed by atoms with Crippen molar-refractivity contribution < 1.29 is 4.39 Å². The molecule has 6 heteroatoms. The molecule has 3 heterocycles. The van der Waals surface area contributed by atoms with Crippen LogP contribution in [0.3, 0.4) is 0 Å². The van der Waals surface area contributed by atoms with Crippen molar-refractivity contribution in [2.75, 3.05) is 0 Å². The first kappa shape index (κ1) is 14.7. The minimum atomic E-state index is -0.436. The summed E-state index contributed by atoms with van der Waals surface area (Å²) in [5, 5.41) is 1.09. The molecule has 0 N–H and O–H groups in total. The highest BCUT2D eigenvalue weighted by Gasteiger charge is 2.14. The molecule has 0 amide bonds. The quantitative estimate of drug-likeness (QED) is 0.679. The lowest BCUT2D eigenvalue weighted by Gasteiger charge is -2.12. The van der Waals surface area contributed by atoms with Crippen molar-refractivity contribution in [3.63, 3.8) is 0 Å². The lowest BCUT2D eigenvalue weighted by Crippen LogP contribution is -2.21. The van der Waals surface area contributed by atoms with Gasteiger partial charge in [-0.3, -0.25) is 9.78 Å². The third kappa shape index (κ3) is 2.27. The zero-order valence-corrected chi connectivity index (χ0v) is 12.9. The van der Waals surface area contributed by atoms with Crippen molar-refractivity contribution in [1.29, 1.82) is 0 Å². The van der Waals surface area contributed by atoms with Gasteiger partial charge in [-0.2, -0.15) is 0 Å². The Morgan fingerprint density at radius 1 is 1.23 bits per heavy atom. The van der Waals surface area contributed by atoms with Gasteiger partial charge in [-0.05, 0) is 31.5 Å². The van der Waals surface area contributed by atoms with E-state index >= 15 is 0 Å². The number of hydrogen-bond donors (Lipinski definition) is 0. The minimum absolute atomic E-state index is 0.201. The lowest BCUT2D eigenvalue weighted by atomic mass is 10.0. The van der Waals surface area contributed by atoms with E-state index in [9.17, 15) is 9.18 Å². The molecule has 112 valence electrons. The number of rotatable bonds is 2. The van der Waals surface area contributed by atoms with Gasteiger partial charge >= 0.3 is 0 Å². The largest absolute Gasteiger partial charge is 0.308 e. The molecule has 0 fully saturated rings. The predicted molar refractivity (Wildman–Crippen MR) is 84.6 cm³/mol. The van der Waals surface area contributed by atoms with Crippen LogP contribution in [0, 0.1) is 12.7 Å². The topological polar surface area (TPSA) is 47.8 Å². The first-order valence-corrected chi connectivity index (χ1v) is 7.20. The van der Waals surface area contributed by atoms with E-state index in [-0.39, 0.29) is 5.56 Å². The molecule has 22 heavy (non-hydrogen) atoms. The van der Waals surface area contributed by atoms with Crippen LogP contribution >= 0.6 is 11.6 Å². The summed E-state index contributed by atoms with van der Waals surface area (Å²) in [6.45, 7) is 3.98. The summed E-state index contributed by atoms with van der Waals surface area (Å²) in [4.78, 5) is 20.6. The maximum absolute atomic E-state index is 13.7. The Labute approximate surface area is 131 Å². The highest BCUT2D eigenvalue weighted by molar-refractivity contribution is 6.30. The summed E-state index contributed by atoms with van der Waals surface area (Å²) in [6.07, 6.45) is 4.25. The molecule has 0 saturated carbocycles. The molecule has 0 bridgehead atoms. The van der Waals surface area contributed by atoms with Gasteiger partial charge in [0.05, 0.1) is 11.7 Å². The second-order valence-corrected chi connectivity index (χ2v) is 5.35. The second kappa shape index (κ2) is 5.50. The summed E-state index contributed by atoms with van der Waals surface area (Å²) < 4.78 is 15.3. The third-order valence-corrected chi connectivity index (χ3v) is 3.91. The highest BCUT2D eigenvalue weighted by atomic mass is 35.5. The molecule has 0 radical (unpaired) electrons. The van der Waals surface area contributed by atoms with E-state index in [0.717, 1.165) is 11.6 Å². The molecule has 0 aromatic carbocycles. The van der Waals surface area contributed by atoms with Gasteiger partial charge in [-0.25, -0.2) is 9.37 Å². The average molecular weight is 318 g/mol. The fourth-order valence-electron chi connectivity index (χ4n) is 2.53. The molecule has 0 aliphatic rings. The predicted octanol–water partition coefficient (Wildman–Crippen LogP) is 3.58. The second-order valence-electron chi connectivity index (χ2n) is 4.97. The fraction of sp³-hybridized carbons (Fsp3) is 0.188. The van der Waals surface area contributed by atoms with Gasteiger partial charge in [-0.15, -0.1) is 0 Å². The number of nitrogens with zero attached hydrogens (tertiary/aromatic N) is 3. The Balaban J connectivity index is 2.41. The molecule has 0 unspecified atom stereocenters. The summed E-state index contributed by atoms with van der Waals surface area (Å²) >= 11 is 5.92. The molecule has 0 atom stereocenters. The SMILES string of the molecule is CCn1c(=O)c(-c2cncc(F)c2C)cc2cnc(Cl)cc21. The van der Waals surface area contributed by atoms with Crippen LogP contribution in [-0.4, -0.2) is 14.5 Å². The minimum Gasteiger partial charge on any atom is -0.308 e. The molecule has 0 saturated heterocycles. The van der Waals surface area contributed by atoms with Crippen LogP contribution in [0.25, 0.3) is 22.0 Å². The Hall–Kier alpha value is -2.27. The van der Waals surface area contributed by atoms with Crippen molar-refractivity contribution in [2.45, 2.75) is 20.4 Å². The first-order valence-electron chi connectivity index (χ1n) is 6.82. The Morgan fingerprint density at radius 2 is 2.00 bits per heavy atom. The smallest absolute Gasteiger partial charge is 0.258 e. The summed E-state index contributed by atoms with van der Waals surface area (Å²) in [5.74, 6) is -0.436. The van der Waals surface area contributed by atoms with Gasteiger partial charge in [-0.1, -0.05) is 11.6 Å². The standard InChI is InChI=1S/C16H13ClFN3O/c1-3-21-14-5-15(17)20-6-10(14)4-11(16(21)22)12-7-19-8-13(18)9(12)2/h4-8H,3H2,1-2H3. The molecular formula is C16H13ClFN3O. The number of hydrogen-bond acceptors (Lipinski definition) is 3. The summed E-state index contributed by atoms with van der Waals surface area (Å²) in [6, 6.07) is 3.36. The van der Waals surface area contributed by atoms with E-state index in [1.54, 1.807) is 29.8 Å². The Morgan fingerprint density at radius 3 is 2.73 bits per heavy atom. The molecule has 0 aliphatic carbocycles. The molecule has 3 aromatic heterocycles. The third-order valence-electron chi connectivity index (χ3n) is 3.70. The van der Waals surface area contributed by atoms with E-state index in [0.29, 0.717) is 33.9 Å². The van der Waals surface area contributed by atoms with E-state index in [4.69, 9.17) is 11.6 Å². The molecule has 0 spiro atoms. The van der Waals surface area contributed by atoms with Crippen LogP contribution in [0.1, 0.15) is 12.5 Å². The average Bonchev–Trinajstić information content (AvgIpc) is 2.50. The van der Waals surface area contributed by atoms with Crippen molar-refractivity contribution in [3.8, 4) is 11.1 Å². The molecular weight excluding hydrogens is 305 g/mol. The molecule has 3 rings (SSSR count). The van der Waals surface area contributed by atoms with Gasteiger partial charge in [0.15, 0.2) is 0 Å². The fourth-order valence-corrected chi connectivity index (χ4v) is 2.68. The zero-order chi connectivity index (χ0) is 15.9. The molecule has 4 nitrogen and oxygen atoms in total. The van der Waals surface area contributed by atoms with E-state index in [2.05, 4.69) is 9.97 Å². The van der Waals surface area contributed by atoms with Crippen LogP contribution in [-0.2, 0) is 6.54 Å². The van der Waals surface area contributed by atoms with Crippen LogP contribution < -0.4 is 5.56 Å². The lowest BCUT2D eigenvalue weighted by molar-refractivity contribution is 0.612. The van der Waals surface area contributed by atoms with Crippen molar-refractivity contribution in [2.24, 2.45) is 0 Å². The normalized spacial score (nSPS) is 11.1. The van der Waals surface area contributed by atoms with Gasteiger partial charge in [0.25, 0.3) is 5.56 Å². The van der Waals surface area contributed by atoms with Crippen LogP contribution in [0.2, 0.25) is 5.15 Å². The van der Waals surface area contributed by atoms with Gasteiger partial charge in [0, 0.05) is 35.5 Å². The highest BCUT2D eigenvalue weighted by Crippen LogP contribution is 2.25. The molecule has 3 aromatic rings. The number of aromatic nitrogens is 3. The van der Waals surface area contributed by atoms with Crippen LogP contribution in [0.5, 0.6) is 0 Å². The van der Waals surface area contributed by atoms with Crippen molar-refractivity contribution in [3.05, 3.63) is 57.6 Å². The van der Waals surface area contributed by atoms with E-state index < -0.39 is 5.82 Å². The van der Waals surface area contributed by atoms with Gasteiger partial charge in [0.1, 0.15) is 11.0 Å². The van der Waals surface area contributed by atoms with Gasteiger partial charge in [0.2, 0.25) is 0 Å². The Kier molecular flexibility index (Phi) is 3.66. The summed E-state index contributed by atoms with van der Waals surface area (Å²) in [7, 11) is 0. The zero-order valence-electron chi connectivity index (χ0n) is 12.1. The Bertz CT molecular complexity index is 937. The number of pyridine rings is 3. The number of halogens is 2. The first-order chi connectivity index (χ1) is 10.5. The van der Waals surface area contributed by atoms with Crippen molar-refractivity contribution in [1.82, 2.24) is 14.5 Å². The number of aryl methyl sites for hydroxylation is 1. The van der Waals surface area contributed by atoms with Crippen LogP contribution in [0.4, 0.5) is 4.39 Å². The van der Waals surface area contributed by atoms with Gasteiger partial charge < -0.3 is 4.57 Å². The van der Waals surface area contributed by atoms with E-state index in [1.807, 2.05) is 6.92 Å². The van der Waals surface area contributed by atoms with Crippen LogP contribution in [0.15, 0.2) is 35.5 Å². The maximum Gasteiger partial charge on any atom is 0.258 e. The summed E-state index contributed by atoms with van der Waals surface area (Å²) in [5.41, 5.74) is 1.80. The van der Waals surface area contributed by atoms with E-state index in [1.165, 1.54) is 6.20 Å². The van der Waals surface area contributed by atoms with Crippen molar-refractivity contribution >= 4 is 22.5 Å². The maximum atomic E-state index is 13.7. The molecule has 0 aliphatic heterocycles. The monoisotopic (exact) mass is 317 g/mol. The number of fused-ring (bicyclic) bond motifs is 1.